The maximum absolute atomic E-state index is 10.9. The van der Waals surface area contributed by atoms with E-state index in [9.17, 15) is 4.79 Å². The molecule has 1 aliphatic rings. The summed E-state index contributed by atoms with van der Waals surface area (Å²) in [5, 5.41) is 2.79. The minimum absolute atomic E-state index is 0.0166. The van der Waals surface area contributed by atoms with Crippen molar-refractivity contribution in [2.75, 3.05) is 25.5 Å². The molecule has 0 unspecified atom stereocenters. The van der Waals surface area contributed by atoms with Crippen LogP contribution in [0.4, 0.5) is 5.69 Å². The first kappa shape index (κ1) is 12.1. The fraction of sp³-hybridized carbons (Fsp3) is 0.500. The number of piperidine rings is 1. The highest BCUT2D eigenvalue weighted by Crippen LogP contribution is 2.28. The maximum Gasteiger partial charge on any atom is 0.221 e. The molecule has 0 bridgehead atoms. The normalized spacial score (nSPS) is 18.0. The van der Waals surface area contributed by atoms with Gasteiger partial charge in [0.15, 0.2) is 0 Å². The second-order valence-electron chi connectivity index (χ2n) is 4.88. The summed E-state index contributed by atoms with van der Waals surface area (Å²) in [5.41, 5.74) is 2.28. The van der Waals surface area contributed by atoms with E-state index in [0.717, 1.165) is 5.69 Å². The van der Waals surface area contributed by atoms with E-state index >= 15 is 0 Å². The third-order valence-corrected chi connectivity index (χ3v) is 3.42. The van der Waals surface area contributed by atoms with Gasteiger partial charge in [-0.25, -0.2) is 0 Å². The Hall–Kier alpha value is -1.35. The lowest BCUT2D eigenvalue weighted by Gasteiger charge is -2.29. The van der Waals surface area contributed by atoms with Crippen molar-refractivity contribution in [3.05, 3.63) is 29.8 Å². The highest BCUT2D eigenvalue weighted by Gasteiger charge is 2.17. The zero-order valence-corrected chi connectivity index (χ0v) is 10.6. The molecule has 1 aromatic carbocycles. The number of anilines is 1. The molecule has 2 rings (SSSR count). The van der Waals surface area contributed by atoms with Crippen molar-refractivity contribution in [2.24, 2.45) is 0 Å². The van der Waals surface area contributed by atoms with Gasteiger partial charge in [-0.05, 0) is 56.6 Å². The van der Waals surface area contributed by atoms with Gasteiger partial charge >= 0.3 is 0 Å². The van der Waals surface area contributed by atoms with E-state index in [4.69, 9.17) is 0 Å². The first-order valence-corrected chi connectivity index (χ1v) is 6.21. The van der Waals surface area contributed by atoms with Crippen LogP contribution in [0.1, 0.15) is 31.2 Å². The number of hydrogen-bond donors (Lipinski definition) is 1. The summed E-state index contributed by atoms with van der Waals surface area (Å²) in [5.74, 6) is 0.662. The third-order valence-electron chi connectivity index (χ3n) is 3.42. The second kappa shape index (κ2) is 5.32. The number of rotatable bonds is 2. The highest BCUT2D eigenvalue weighted by molar-refractivity contribution is 5.88. The summed E-state index contributed by atoms with van der Waals surface area (Å²) in [4.78, 5) is 13.3. The van der Waals surface area contributed by atoms with Crippen molar-refractivity contribution in [3.8, 4) is 0 Å². The molecule has 3 heteroatoms. The molecule has 0 aliphatic carbocycles. The number of carbonyl (C=O) groups is 1. The molecular weight excluding hydrogens is 212 g/mol. The summed E-state index contributed by atoms with van der Waals surface area (Å²) >= 11 is 0. The molecule has 1 aromatic rings. The summed E-state index contributed by atoms with van der Waals surface area (Å²) in [6.07, 6.45) is 2.46. The van der Waals surface area contributed by atoms with Gasteiger partial charge in [0.25, 0.3) is 0 Å². The molecule has 92 valence electrons. The van der Waals surface area contributed by atoms with Crippen molar-refractivity contribution < 1.29 is 4.79 Å². The standard InChI is InChI=1S/C14H20N2O/c1-11(17)15-14-5-3-12(4-6-14)13-7-9-16(2)10-8-13/h3-6,13H,7-10H2,1-2H3,(H,15,17). The molecule has 17 heavy (non-hydrogen) atoms. The number of benzene rings is 1. The average Bonchev–Trinajstić information content (AvgIpc) is 2.30. The molecular formula is C14H20N2O. The van der Waals surface area contributed by atoms with Crippen LogP contribution >= 0.6 is 0 Å². The number of hydrogen-bond acceptors (Lipinski definition) is 2. The molecule has 0 aromatic heterocycles. The molecule has 1 heterocycles. The van der Waals surface area contributed by atoms with Crippen LogP contribution in [0.2, 0.25) is 0 Å². The van der Waals surface area contributed by atoms with Crippen molar-refractivity contribution in [1.82, 2.24) is 4.90 Å². The lowest BCUT2D eigenvalue weighted by Crippen LogP contribution is -2.29. The molecule has 1 aliphatic heterocycles. The topological polar surface area (TPSA) is 32.3 Å². The molecule has 0 atom stereocenters. The predicted molar refractivity (Wildman–Crippen MR) is 70.2 cm³/mol. The molecule has 1 saturated heterocycles. The fourth-order valence-electron chi connectivity index (χ4n) is 2.38. The molecule has 1 fully saturated rings. The SMILES string of the molecule is CC(=O)Nc1ccc(C2CCN(C)CC2)cc1. The molecule has 0 saturated carbocycles. The largest absolute Gasteiger partial charge is 0.326 e. The quantitative estimate of drug-likeness (QED) is 0.849. The predicted octanol–water partition coefficient (Wildman–Crippen LogP) is 2.45. The molecule has 3 nitrogen and oxygen atoms in total. The highest BCUT2D eigenvalue weighted by atomic mass is 16.1. The van der Waals surface area contributed by atoms with Gasteiger partial charge in [0, 0.05) is 12.6 Å². The Bertz CT molecular complexity index is 378. The zero-order chi connectivity index (χ0) is 12.3. The van der Waals surface area contributed by atoms with Crippen LogP contribution in [0.3, 0.4) is 0 Å². The summed E-state index contributed by atoms with van der Waals surface area (Å²) in [6.45, 7) is 3.89. The van der Waals surface area contributed by atoms with Crippen LogP contribution in [0.5, 0.6) is 0 Å². The minimum Gasteiger partial charge on any atom is -0.326 e. The number of nitrogens with one attached hydrogen (secondary N) is 1. The first-order chi connectivity index (χ1) is 8.15. The van der Waals surface area contributed by atoms with Crippen LogP contribution in [-0.4, -0.2) is 30.9 Å². The summed E-state index contributed by atoms with van der Waals surface area (Å²) in [7, 11) is 2.18. The smallest absolute Gasteiger partial charge is 0.221 e. The van der Waals surface area contributed by atoms with Crippen LogP contribution in [0, 0.1) is 0 Å². The number of nitrogens with zero attached hydrogens (tertiary/aromatic N) is 1. The van der Waals surface area contributed by atoms with Crippen molar-refractivity contribution in [3.63, 3.8) is 0 Å². The van der Waals surface area contributed by atoms with Crippen LogP contribution in [-0.2, 0) is 4.79 Å². The van der Waals surface area contributed by atoms with Crippen molar-refractivity contribution >= 4 is 11.6 Å². The Kier molecular flexibility index (Phi) is 3.79. The summed E-state index contributed by atoms with van der Waals surface area (Å²) < 4.78 is 0. The molecule has 0 spiro atoms. The Balaban J connectivity index is 2.00. The average molecular weight is 232 g/mol. The van der Waals surface area contributed by atoms with Gasteiger partial charge in [0.1, 0.15) is 0 Å². The van der Waals surface area contributed by atoms with E-state index in [1.54, 1.807) is 0 Å². The van der Waals surface area contributed by atoms with Gasteiger partial charge in [-0.15, -0.1) is 0 Å². The molecule has 1 amide bonds. The van der Waals surface area contributed by atoms with E-state index in [2.05, 4.69) is 29.4 Å². The Morgan fingerprint density at radius 2 is 1.82 bits per heavy atom. The Morgan fingerprint density at radius 1 is 1.24 bits per heavy atom. The monoisotopic (exact) mass is 232 g/mol. The number of amides is 1. The summed E-state index contributed by atoms with van der Waals surface area (Å²) in [6, 6.07) is 8.27. The fourth-order valence-corrected chi connectivity index (χ4v) is 2.38. The third kappa shape index (κ3) is 3.30. The van der Waals surface area contributed by atoms with Gasteiger partial charge in [-0.1, -0.05) is 12.1 Å². The maximum atomic E-state index is 10.9. The van der Waals surface area contributed by atoms with Gasteiger partial charge in [-0.3, -0.25) is 4.79 Å². The minimum atomic E-state index is -0.0166. The van der Waals surface area contributed by atoms with E-state index in [0.29, 0.717) is 5.92 Å². The second-order valence-corrected chi connectivity index (χ2v) is 4.88. The van der Waals surface area contributed by atoms with E-state index in [1.807, 2.05) is 12.1 Å². The van der Waals surface area contributed by atoms with E-state index in [-0.39, 0.29) is 5.91 Å². The zero-order valence-electron chi connectivity index (χ0n) is 10.6. The lowest BCUT2D eigenvalue weighted by molar-refractivity contribution is -0.114. The van der Waals surface area contributed by atoms with Crippen LogP contribution in [0.25, 0.3) is 0 Å². The van der Waals surface area contributed by atoms with E-state index in [1.165, 1.54) is 38.4 Å². The van der Waals surface area contributed by atoms with E-state index < -0.39 is 0 Å². The van der Waals surface area contributed by atoms with Crippen LogP contribution < -0.4 is 5.32 Å². The van der Waals surface area contributed by atoms with Crippen LogP contribution in [0.15, 0.2) is 24.3 Å². The van der Waals surface area contributed by atoms with Crippen molar-refractivity contribution in [1.29, 1.82) is 0 Å². The Labute approximate surface area is 103 Å². The number of likely N-dealkylation sites (tertiary alicyclic amines) is 1. The van der Waals surface area contributed by atoms with Gasteiger partial charge < -0.3 is 10.2 Å². The first-order valence-electron chi connectivity index (χ1n) is 6.21. The molecule has 1 N–H and O–H groups in total. The lowest BCUT2D eigenvalue weighted by atomic mass is 9.89. The Morgan fingerprint density at radius 3 is 2.35 bits per heavy atom. The van der Waals surface area contributed by atoms with Crippen molar-refractivity contribution in [2.45, 2.75) is 25.7 Å². The van der Waals surface area contributed by atoms with Gasteiger partial charge in [-0.2, -0.15) is 0 Å². The molecule has 0 radical (unpaired) electrons. The van der Waals surface area contributed by atoms with Gasteiger partial charge in [0.05, 0.1) is 0 Å². The van der Waals surface area contributed by atoms with Gasteiger partial charge in [0.2, 0.25) is 5.91 Å². The number of carbonyl (C=O) groups excluding carboxylic acids is 1.